The number of hydrogen-bond donors (Lipinski definition) is 0. The number of hydrogen-bond acceptors (Lipinski definition) is 2. The predicted octanol–water partition coefficient (Wildman–Crippen LogP) is 3.91. The van der Waals surface area contributed by atoms with Gasteiger partial charge in [0, 0.05) is 25.0 Å². The zero-order valence-corrected chi connectivity index (χ0v) is 14.6. The van der Waals surface area contributed by atoms with Gasteiger partial charge < -0.3 is 4.90 Å². The van der Waals surface area contributed by atoms with Crippen LogP contribution < -0.4 is 0 Å². The van der Waals surface area contributed by atoms with Crippen LogP contribution in [0.4, 0.5) is 8.78 Å². The summed E-state index contributed by atoms with van der Waals surface area (Å²) in [5.74, 6) is -1.22. The molecule has 1 amide bonds. The van der Waals surface area contributed by atoms with Gasteiger partial charge in [0.05, 0.1) is 18.2 Å². The molecule has 0 spiro atoms. The van der Waals surface area contributed by atoms with Crippen LogP contribution in [-0.2, 0) is 11.2 Å². The van der Waals surface area contributed by atoms with Crippen LogP contribution in [0.15, 0.2) is 60.9 Å². The lowest BCUT2D eigenvalue weighted by molar-refractivity contribution is -0.131. The Hall–Kier alpha value is -3.02. The minimum atomic E-state index is -0.568. The summed E-state index contributed by atoms with van der Waals surface area (Å²) < 4.78 is 29.1. The van der Waals surface area contributed by atoms with Gasteiger partial charge in [-0.25, -0.2) is 13.5 Å². The number of amides is 1. The molecule has 0 aliphatic rings. The third-order valence-corrected chi connectivity index (χ3v) is 4.44. The zero-order valence-electron chi connectivity index (χ0n) is 14.6. The van der Waals surface area contributed by atoms with Crippen molar-refractivity contribution in [3.63, 3.8) is 0 Å². The van der Waals surface area contributed by atoms with Gasteiger partial charge in [0.25, 0.3) is 0 Å². The number of aromatic nitrogens is 2. The van der Waals surface area contributed by atoms with E-state index in [-0.39, 0.29) is 17.9 Å². The first kappa shape index (κ1) is 17.8. The summed E-state index contributed by atoms with van der Waals surface area (Å²) in [6.45, 7) is 1.68. The molecule has 2 aromatic carbocycles. The van der Waals surface area contributed by atoms with Gasteiger partial charge >= 0.3 is 0 Å². The lowest BCUT2D eigenvalue weighted by Crippen LogP contribution is -2.31. The lowest BCUT2D eigenvalue weighted by atomic mass is 10.0. The molecule has 1 aromatic heterocycles. The third-order valence-electron chi connectivity index (χ3n) is 4.44. The summed E-state index contributed by atoms with van der Waals surface area (Å²) in [4.78, 5) is 14.0. The highest BCUT2D eigenvalue weighted by atomic mass is 19.1. The van der Waals surface area contributed by atoms with Gasteiger partial charge in [0.2, 0.25) is 5.91 Å². The molecular formula is C20H19F2N3O. The molecule has 1 atom stereocenters. The second-order valence-electron chi connectivity index (χ2n) is 6.14. The Balaban J connectivity index is 1.70. The molecule has 0 radical (unpaired) electrons. The molecule has 4 nitrogen and oxygen atoms in total. The quantitative estimate of drug-likeness (QED) is 0.696. The summed E-state index contributed by atoms with van der Waals surface area (Å²) in [6, 6.07) is 12.0. The smallest absolute Gasteiger partial charge is 0.227 e. The fourth-order valence-electron chi connectivity index (χ4n) is 2.75. The predicted molar refractivity (Wildman–Crippen MR) is 94.8 cm³/mol. The van der Waals surface area contributed by atoms with E-state index in [9.17, 15) is 13.6 Å². The van der Waals surface area contributed by atoms with Gasteiger partial charge in [-0.15, -0.1) is 0 Å². The maximum atomic E-state index is 13.9. The SMILES string of the molecule is CC(c1cc(F)ccc1F)N(C)C(=O)Cc1ccc(-n2cccn2)cc1. The monoisotopic (exact) mass is 355 g/mol. The Morgan fingerprint density at radius 1 is 1.19 bits per heavy atom. The molecule has 3 aromatic rings. The van der Waals surface area contributed by atoms with Crippen LogP contribution >= 0.6 is 0 Å². The Morgan fingerprint density at radius 3 is 2.58 bits per heavy atom. The van der Waals surface area contributed by atoms with E-state index in [1.807, 2.05) is 36.5 Å². The van der Waals surface area contributed by atoms with Crippen molar-refractivity contribution >= 4 is 5.91 Å². The van der Waals surface area contributed by atoms with Crippen LogP contribution in [0.25, 0.3) is 5.69 Å². The number of likely N-dealkylation sites (N-methyl/N-ethyl adjacent to an activating group) is 1. The van der Waals surface area contributed by atoms with Crippen LogP contribution in [0.1, 0.15) is 24.1 Å². The first-order valence-corrected chi connectivity index (χ1v) is 8.25. The summed E-state index contributed by atoms with van der Waals surface area (Å²) in [6.07, 6.45) is 3.71. The fourth-order valence-corrected chi connectivity index (χ4v) is 2.75. The minimum absolute atomic E-state index is 0.162. The average molecular weight is 355 g/mol. The van der Waals surface area contributed by atoms with Crippen molar-refractivity contribution in [2.24, 2.45) is 0 Å². The van der Waals surface area contributed by atoms with E-state index < -0.39 is 17.7 Å². The van der Waals surface area contributed by atoms with Crippen molar-refractivity contribution in [1.29, 1.82) is 0 Å². The molecular weight excluding hydrogens is 336 g/mol. The Bertz CT molecular complexity index is 892. The second kappa shape index (κ2) is 7.47. The highest BCUT2D eigenvalue weighted by Gasteiger charge is 2.21. The van der Waals surface area contributed by atoms with E-state index in [1.165, 1.54) is 4.90 Å². The summed E-state index contributed by atoms with van der Waals surface area (Å²) in [5, 5.41) is 4.15. The standard InChI is InChI=1S/C20H19F2N3O/c1-14(18-13-16(21)6-9-19(18)22)24(2)20(26)12-15-4-7-17(8-5-15)25-11-3-10-23-25/h3-11,13-14H,12H2,1-2H3. The molecule has 134 valence electrons. The van der Waals surface area contributed by atoms with Crippen LogP contribution in [0.3, 0.4) is 0 Å². The van der Waals surface area contributed by atoms with E-state index >= 15 is 0 Å². The van der Waals surface area contributed by atoms with Crippen LogP contribution in [0, 0.1) is 11.6 Å². The van der Waals surface area contributed by atoms with Crippen molar-refractivity contribution < 1.29 is 13.6 Å². The van der Waals surface area contributed by atoms with Crippen molar-refractivity contribution in [1.82, 2.24) is 14.7 Å². The number of nitrogens with zero attached hydrogens (tertiary/aromatic N) is 3. The first-order chi connectivity index (χ1) is 12.5. The van der Waals surface area contributed by atoms with E-state index in [0.29, 0.717) is 0 Å². The highest BCUT2D eigenvalue weighted by molar-refractivity contribution is 5.79. The highest BCUT2D eigenvalue weighted by Crippen LogP contribution is 2.23. The van der Waals surface area contributed by atoms with Crippen LogP contribution in [0.2, 0.25) is 0 Å². The largest absolute Gasteiger partial charge is 0.339 e. The average Bonchev–Trinajstić information content (AvgIpc) is 3.18. The molecule has 0 aliphatic heterocycles. The summed E-state index contributed by atoms with van der Waals surface area (Å²) in [7, 11) is 1.59. The number of carbonyl (C=O) groups excluding carboxylic acids is 1. The first-order valence-electron chi connectivity index (χ1n) is 8.25. The van der Waals surface area contributed by atoms with E-state index in [0.717, 1.165) is 29.4 Å². The van der Waals surface area contributed by atoms with E-state index in [4.69, 9.17) is 0 Å². The Kier molecular flexibility index (Phi) is 5.11. The summed E-state index contributed by atoms with van der Waals surface area (Å²) in [5.41, 5.74) is 1.90. The maximum Gasteiger partial charge on any atom is 0.227 e. The normalized spacial score (nSPS) is 12.0. The summed E-state index contributed by atoms with van der Waals surface area (Å²) >= 11 is 0. The van der Waals surface area contributed by atoms with Gasteiger partial charge in [-0.3, -0.25) is 4.79 Å². The molecule has 3 rings (SSSR count). The maximum absolute atomic E-state index is 13.9. The van der Waals surface area contributed by atoms with E-state index in [1.54, 1.807) is 24.9 Å². The van der Waals surface area contributed by atoms with Gasteiger partial charge in [-0.05, 0) is 48.9 Å². The van der Waals surface area contributed by atoms with E-state index in [2.05, 4.69) is 5.10 Å². The van der Waals surface area contributed by atoms with Crippen molar-refractivity contribution in [3.05, 3.63) is 83.7 Å². The lowest BCUT2D eigenvalue weighted by Gasteiger charge is -2.26. The number of rotatable bonds is 5. The second-order valence-corrected chi connectivity index (χ2v) is 6.14. The van der Waals surface area contributed by atoms with Gasteiger partial charge in [-0.1, -0.05) is 12.1 Å². The minimum Gasteiger partial charge on any atom is -0.339 e. The molecule has 0 saturated heterocycles. The van der Waals surface area contributed by atoms with Crippen molar-refractivity contribution in [3.8, 4) is 5.69 Å². The van der Waals surface area contributed by atoms with Crippen molar-refractivity contribution in [2.75, 3.05) is 7.05 Å². The van der Waals surface area contributed by atoms with Crippen LogP contribution in [0.5, 0.6) is 0 Å². The zero-order chi connectivity index (χ0) is 18.7. The molecule has 1 heterocycles. The Morgan fingerprint density at radius 2 is 1.92 bits per heavy atom. The van der Waals surface area contributed by atoms with Gasteiger partial charge in [-0.2, -0.15) is 5.10 Å². The molecule has 1 unspecified atom stereocenters. The topological polar surface area (TPSA) is 38.1 Å². The number of halogens is 2. The van der Waals surface area contributed by atoms with Gasteiger partial charge in [0.1, 0.15) is 11.6 Å². The molecule has 0 bridgehead atoms. The molecule has 26 heavy (non-hydrogen) atoms. The molecule has 0 fully saturated rings. The Labute approximate surface area is 150 Å². The fraction of sp³-hybridized carbons (Fsp3) is 0.200. The van der Waals surface area contributed by atoms with Crippen LogP contribution in [-0.4, -0.2) is 27.6 Å². The third kappa shape index (κ3) is 3.79. The number of benzene rings is 2. The molecule has 0 N–H and O–H groups in total. The van der Waals surface area contributed by atoms with Crippen molar-refractivity contribution in [2.45, 2.75) is 19.4 Å². The number of carbonyl (C=O) groups is 1. The van der Waals surface area contributed by atoms with Gasteiger partial charge in [0.15, 0.2) is 0 Å². The molecule has 6 heteroatoms. The molecule has 0 saturated carbocycles. The molecule has 0 aliphatic carbocycles.